The lowest BCUT2D eigenvalue weighted by molar-refractivity contribution is -0.118. The zero-order valence-corrected chi connectivity index (χ0v) is 16.2. The quantitative estimate of drug-likeness (QED) is 0.547. The summed E-state index contributed by atoms with van der Waals surface area (Å²) in [5.41, 5.74) is 0.740. The van der Waals surface area contributed by atoms with Crippen LogP contribution >= 0.6 is 0 Å². The molecule has 1 fully saturated rings. The third-order valence-electron chi connectivity index (χ3n) is 3.91. The minimum Gasteiger partial charge on any atom is -0.488 e. The number of imide groups is 1. The Kier molecular flexibility index (Phi) is 6.52. The van der Waals surface area contributed by atoms with E-state index in [2.05, 4.69) is 20.0 Å². The van der Waals surface area contributed by atoms with E-state index >= 15 is 0 Å². The van der Waals surface area contributed by atoms with Crippen LogP contribution in [0.4, 0.5) is 13.6 Å². The number of nitrogens with one attached hydrogen (secondary N) is 2. The molecule has 0 bridgehead atoms. The first kappa shape index (κ1) is 21.5. The molecule has 1 aliphatic rings. The van der Waals surface area contributed by atoms with E-state index in [4.69, 9.17) is 4.74 Å². The predicted octanol–water partition coefficient (Wildman–Crippen LogP) is 0.651. The molecule has 2 aromatic rings. The molecule has 0 saturated carbocycles. The first-order valence-electron chi connectivity index (χ1n) is 8.62. The van der Waals surface area contributed by atoms with E-state index in [1.54, 1.807) is 0 Å². The Hall–Kier alpha value is -3.19. The Bertz CT molecular complexity index is 1030. The Morgan fingerprint density at radius 3 is 2.57 bits per heavy atom. The maximum atomic E-state index is 12.4. The Balaban J connectivity index is 1.58. The van der Waals surface area contributed by atoms with Gasteiger partial charge in [-0.3, -0.25) is 20.1 Å². The second-order valence-electron chi connectivity index (χ2n) is 6.21. The average Bonchev–Trinajstić information content (AvgIpc) is 3.03. The van der Waals surface area contributed by atoms with Crippen molar-refractivity contribution in [2.45, 2.75) is 24.4 Å². The number of amides is 3. The van der Waals surface area contributed by atoms with Crippen LogP contribution in [0.25, 0.3) is 0 Å². The molecule has 1 aromatic heterocycles. The normalized spacial score (nSPS) is 14.3. The van der Waals surface area contributed by atoms with Crippen molar-refractivity contribution in [3.8, 4) is 5.75 Å². The smallest absolute Gasteiger partial charge is 0.324 e. The zero-order valence-electron chi connectivity index (χ0n) is 15.4. The van der Waals surface area contributed by atoms with Gasteiger partial charge < -0.3 is 9.64 Å². The molecule has 1 aromatic carbocycles. The minimum atomic E-state index is -3.95. The van der Waals surface area contributed by atoms with Crippen LogP contribution in [0, 0.1) is 0 Å². The number of urea groups is 1. The van der Waals surface area contributed by atoms with Crippen molar-refractivity contribution < 1.29 is 31.5 Å². The van der Waals surface area contributed by atoms with Gasteiger partial charge in [0.1, 0.15) is 18.9 Å². The van der Waals surface area contributed by atoms with Gasteiger partial charge in [-0.05, 0) is 12.1 Å². The number of nitrogens with zero attached hydrogens (tertiary/aromatic N) is 3. The first-order chi connectivity index (χ1) is 14.2. The van der Waals surface area contributed by atoms with Gasteiger partial charge in [0.25, 0.3) is 6.43 Å². The number of rotatable bonds is 9. The van der Waals surface area contributed by atoms with Gasteiger partial charge in [0.05, 0.1) is 41.8 Å². The van der Waals surface area contributed by atoms with E-state index in [0.717, 1.165) is 6.07 Å². The van der Waals surface area contributed by atoms with Gasteiger partial charge in [0.2, 0.25) is 15.9 Å². The minimum absolute atomic E-state index is 0.00625. The van der Waals surface area contributed by atoms with Crippen LogP contribution in [0.3, 0.4) is 0 Å². The summed E-state index contributed by atoms with van der Waals surface area (Å²) >= 11 is 0. The second kappa shape index (κ2) is 9.09. The third-order valence-corrected chi connectivity index (χ3v) is 5.31. The van der Waals surface area contributed by atoms with Crippen molar-refractivity contribution in [2.75, 3.05) is 13.2 Å². The fraction of sp³-hybridized carbons (Fsp3) is 0.294. The summed E-state index contributed by atoms with van der Waals surface area (Å²) in [5, 5.41) is 2.15. The zero-order chi connectivity index (χ0) is 21.7. The van der Waals surface area contributed by atoms with Crippen molar-refractivity contribution in [1.82, 2.24) is 24.9 Å². The molecule has 1 saturated heterocycles. The van der Waals surface area contributed by atoms with Crippen LogP contribution < -0.4 is 14.8 Å². The SMILES string of the molecule is O=C1CN(Cc2cnc(CNS(=O)(=O)c3cccc(OCC(F)F)c3)cn2)C(=O)N1. The number of halogens is 2. The van der Waals surface area contributed by atoms with Gasteiger partial charge in [-0.2, -0.15) is 0 Å². The van der Waals surface area contributed by atoms with Gasteiger partial charge in [0, 0.05) is 6.07 Å². The van der Waals surface area contributed by atoms with E-state index in [1.807, 2.05) is 0 Å². The summed E-state index contributed by atoms with van der Waals surface area (Å²) in [6.07, 6.45) is 0.0409. The lowest BCUT2D eigenvalue weighted by atomic mass is 10.3. The average molecular weight is 441 g/mol. The molecule has 10 nitrogen and oxygen atoms in total. The molecule has 0 unspecified atom stereocenters. The largest absolute Gasteiger partial charge is 0.488 e. The summed E-state index contributed by atoms with van der Waals surface area (Å²) in [6.45, 7) is -0.989. The number of sulfonamides is 1. The number of benzene rings is 1. The maximum Gasteiger partial charge on any atom is 0.324 e. The van der Waals surface area contributed by atoms with E-state index in [0.29, 0.717) is 11.4 Å². The summed E-state index contributed by atoms with van der Waals surface area (Å²) < 4.78 is 56.5. The molecule has 3 amide bonds. The number of ether oxygens (including phenoxy) is 1. The molecule has 160 valence electrons. The highest BCUT2D eigenvalue weighted by Gasteiger charge is 2.26. The first-order valence-corrected chi connectivity index (χ1v) is 10.1. The molecule has 0 spiro atoms. The molecular weight excluding hydrogens is 424 g/mol. The van der Waals surface area contributed by atoms with E-state index in [9.17, 15) is 26.8 Å². The van der Waals surface area contributed by atoms with Crippen molar-refractivity contribution in [1.29, 1.82) is 0 Å². The van der Waals surface area contributed by atoms with Gasteiger partial charge in [-0.1, -0.05) is 6.07 Å². The fourth-order valence-corrected chi connectivity index (χ4v) is 3.54. The summed E-state index contributed by atoms with van der Waals surface area (Å²) in [4.78, 5) is 32.0. The molecule has 2 heterocycles. The van der Waals surface area contributed by atoms with Crippen molar-refractivity contribution >= 4 is 22.0 Å². The highest BCUT2D eigenvalue weighted by Crippen LogP contribution is 2.18. The van der Waals surface area contributed by atoms with Crippen LogP contribution in [0.1, 0.15) is 11.4 Å². The van der Waals surface area contributed by atoms with Crippen LogP contribution in [0.2, 0.25) is 0 Å². The molecule has 2 N–H and O–H groups in total. The Morgan fingerprint density at radius 2 is 1.93 bits per heavy atom. The number of alkyl halides is 2. The van der Waals surface area contributed by atoms with Crippen LogP contribution in [0.15, 0.2) is 41.6 Å². The fourth-order valence-electron chi connectivity index (χ4n) is 2.50. The van der Waals surface area contributed by atoms with E-state index < -0.39 is 35.0 Å². The predicted molar refractivity (Wildman–Crippen MR) is 97.9 cm³/mol. The third kappa shape index (κ3) is 5.67. The molecule has 0 aliphatic carbocycles. The number of hydrogen-bond donors (Lipinski definition) is 2. The van der Waals surface area contributed by atoms with Crippen LogP contribution in [-0.4, -0.2) is 54.8 Å². The van der Waals surface area contributed by atoms with E-state index in [-0.39, 0.29) is 30.3 Å². The topological polar surface area (TPSA) is 131 Å². The molecule has 30 heavy (non-hydrogen) atoms. The van der Waals surface area contributed by atoms with Gasteiger partial charge in [0.15, 0.2) is 0 Å². The molecule has 13 heteroatoms. The van der Waals surface area contributed by atoms with Crippen molar-refractivity contribution in [2.24, 2.45) is 0 Å². The van der Waals surface area contributed by atoms with Gasteiger partial charge in [-0.25, -0.2) is 26.7 Å². The summed E-state index contributed by atoms with van der Waals surface area (Å²) in [5.74, 6) is -0.394. The Morgan fingerprint density at radius 1 is 1.20 bits per heavy atom. The molecule has 0 radical (unpaired) electrons. The monoisotopic (exact) mass is 441 g/mol. The van der Waals surface area contributed by atoms with Crippen LogP contribution in [-0.2, 0) is 27.9 Å². The standard InChI is InChI=1S/C17H17F2N5O5S/c18-15(19)10-29-13-2-1-3-14(4-13)30(27,28)22-7-11-5-21-12(6-20-11)8-24-9-16(25)23-17(24)26/h1-6,15,22H,7-10H2,(H,23,25,26). The highest BCUT2D eigenvalue weighted by atomic mass is 32.2. The van der Waals surface area contributed by atoms with Crippen molar-refractivity contribution in [3.05, 3.63) is 48.0 Å². The number of carbonyl (C=O) groups is 2. The van der Waals surface area contributed by atoms with Gasteiger partial charge in [-0.15, -0.1) is 0 Å². The molecule has 1 aliphatic heterocycles. The van der Waals surface area contributed by atoms with Gasteiger partial charge >= 0.3 is 6.03 Å². The molecule has 0 atom stereocenters. The van der Waals surface area contributed by atoms with Crippen molar-refractivity contribution in [3.63, 3.8) is 0 Å². The summed E-state index contributed by atoms with van der Waals surface area (Å²) in [7, 11) is -3.95. The second-order valence-corrected chi connectivity index (χ2v) is 7.98. The lowest BCUT2D eigenvalue weighted by Crippen LogP contribution is -2.28. The number of carbonyl (C=O) groups excluding carboxylic acids is 2. The number of hydrogen-bond acceptors (Lipinski definition) is 7. The number of aromatic nitrogens is 2. The maximum absolute atomic E-state index is 12.4. The summed E-state index contributed by atoms with van der Waals surface area (Å²) in [6, 6.07) is 4.68. The highest BCUT2D eigenvalue weighted by molar-refractivity contribution is 7.89. The molecule has 3 rings (SSSR count). The lowest BCUT2D eigenvalue weighted by Gasteiger charge is -2.12. The molecular formula is C17H17F2N5O5S. The van der Waals surface area contributed by atoms with Crippen LogP contribution in [0.5, 0.6) is 5.75 Å². The van der Waals surface area contributed by atoms with E-state index in [1.165, 1.54) is 35.5 Å². The Labute approximate surface area is 170 Å².